The predicted octanol–water partition coefficient (Wildman–Crippen LogP) is 10.3. The maximum atomic E-state index is 7.16. The number of fused-ring (bicyclic) bond motifs is 3. The summed E-state index contributed by atoms with van der Waals surface area (Å²) >= 11 is 14.3. The summed E-state index contributed by atoms with van der Waals surface area (Å²) in [6.07, 6.45) is 0. The molecule has 2 unspecified atom stereocenters. The Bertz CT molecular complexity index is 3080. The standard InChI is InChI=1S/C46H24N2O4P2S2/c55-53-41-29-15-7-17-31(41)49-33-19-9-21-35(43(33)53)51-37-24-28-27(39(45(37)53)47(29)25-11-3-1-4-12-25)23-38-46-40(28)48(26-13-5-2-6-14-26)30-16-8-18-32-42(30)54(46,56)44-34(50-32)20-10-22-36(44)52-38/h1-24H. The number of hydrogen-bond acceptors (Lipinski definition) is 8. The van der Waals surface area contributed by atoms with Crippen molar-refractivity contribution in [1.82, 2.24) is 0 Å². The molecule has 0 spiro atoms. The summed E-state index contributed by atoms with van der Waals surface area (Å²) in [5.41, 5.74) is 6.04. The second-order valence-electron chi connectivity index (χ2n) is 14.7. The van der Waals surface area contributed by atoms with Crippen LogP contribution in [-0.4, -0.2) is 0 Å². The Hall–Kier alpha value is -5.88. The Morgan fingerprint density at radius 1 is 0.339 bits per heavy atom. The van der Waals surface area contributed by atoms with Gasteiger partial charge in [0.05, 0.1) is 66.7 Å². The fraction of sp³-hybridized carbons (Fsp3) is 0. The molecule has 0 bridgehead atoms. The summed E-state index contributed by atoms with van der Waals surface area (Å²) in [6, 6.07) is 44.8. The first-order chi connectivity index (χ1) is 27.5. The molecule has 0 aliphatic carbocycles. The lowest BCUT2D eigenvalue weighted by molar-refractivity contribution is 0.465. The van der Waals surface area contributed by atoms with Crippen LogP contribution in [0.3, 0.4) is 0 Å². The van der Waals surface area contributed by atoms with Crippen LogP contribution < -0.4 is 60.6 Å². The fourth-order valence-electron chi connectivity index (χ4n) is 9.86. The zero-order valence-corrected chi connectivity index (χ0v) is 32.5. The normalized spacial score (nSPS) is 19.9. The van der Waals surface area contributed by atoms with Crippen LogP contribution in [0.2, 0.25) is 0 Å². The van der Waals surface area contributed by atoms with Gasteiger partial charge in [-0.25, -0.2) is 0 Å². The average Bonchev–Trinajstić information content (AvgIpc) is 3.21. The summed E-state index contributed by atoms with van der Waals surface area (Å²) in [5, 5.41) is 8.11. The molecule has 0 saturated heterocycles. The Balaban J connectivity index is 1.21. The third kappa shape index (κ3) is 3.37. The second-order valence-corrected chi connectivity index (χ2v) is 23.1. The summed E-state index contributed by atoms with van der Waals surface area (Å²) in [5.74, 6) is 6.13. The first-order valence-electron chi connectivity index (χ1n) is 18.4. The molecule has 264 valence electrons. The molecular weight excluding hydrogens is 771 g/mol. The molecule has 6 heterocycles. The molecule has 6 nitrogen and oxygen atoms in total. The van der Waals surface area contributed by atoms with Gasteiger partial charge in [0.25, 0.3) is 0 Å². The van der Waals surface area contributed by atoms with Crippen LogP contribution in [0, 0.1) is 0 Å². The minimum absolute atomic E-state index is 0.748. The van der Waals surface area contributed by atoms with Gasteiger partial charge in [0, 0.05) is 22.1 Å². The van der Waals surface area contributed by atoms with Crippen molar-refractivity contribution < 1.29 is 18.9 Å². The van der Waals surface area contributed by atoms with Gasteiger partial charge >= 0.3 is 0 Å². The lowest BCUT2D eigenvalue weighted by Crippen LogP contribution is -2.43. The summed E-state index contributed by atoms with van der Waals surface area (Å²) < 4.78 is 27.5. The van der Waals surface area contributed by atoms with E-state index in [4.69, 9.17) is 42.6 Å². The Labute approximate surface area is 331 Å². The SMILES string of the molecule is S=P12c3c4cccc3Oc3cc5c6c7c(cc5c(c31)N(c1ccccc1)c1cccc(c12)O4)Oc1cccc2c1P7(=S)c1c(cccc1N6c1ccccc1)O2. The summed E-state index contributed by atoms with van der Waals surface area (Å²) in [6.45, 7) is 0. The maximum Gasteiger partial charge on any atom is 0.140 e. The molecule has 14 rings (SSSR count). The number of benzene rings is 8. The molecule has 0 saturated carbocycles. The van der Waals surface area contributed by atoms with Crippen LogP contribution >= 0.6 is 12.1 Å². The zero-order valence-electron chi connectivity index (χ0n) is 29.1. The van der Waals surface area contributed by atoms with Crippen LogP contribution in [0.25, 0.3) is 10.8 Å². The van der Waals surface area contributed by atoms with Crippen molar-refractivity contribution in [1.29, 1.82) is 0 Å². The molecule has 8 aromatic rings. The third-order valence-corrected chi connectivity index (χ3v) is 21.6. The van der Waals surface area contributed by atoms with E-state index in [1.54, 1.807) is 0 Å². The summed E-state index contributed by atoms with van der Waals surface area (Å²) in [7, 11) is 0. The van der Waals surface area contributed by atoms with Gasteiger partial charge in [-0.3, -0.25) is 0 Å². The molecule has 8 aromatic carbocycles. The van der Waals surface area contributed by atoms with Gasteiger partial charge in [-0.05, 0) is 84.9 Å². The van der Waals surface area contributed by atoms with E-state index < -0.39 is 12.1 Å². The fourth-order valence-corrected chi connectivity index (χ4v) is 19.9. The van der Waals surface area contributed by atoms with Gasteiger partial charge in [-0.2, -0.15) is 0 Å². The van der Waals surface area contributed by atoms with E-state index in [0.29, 0.717) is 0 Å². The van der Waals surface area contributed by atoms with Gasteiger partial charge in [0.2, 0.25) is 0 Å². The Morgan fingerprint density at radius 3 is 1.07 bits per heavy atom. The van der Waals surface area contributed by atoms with Crippen LogP contribution in [-0.2, 0) is 23.6 Å². The van der Waals surface area contributed by atoms with Crippen molar-refractivity contribution in [3.05, 3.63) is 146 Å². The largest absolute Gasteiger partial charge is 0.456 e. The number of ether oxygens (including phenoxy) is 4. The van der Waals surface area contributed by atoms with Crippen LogP contribution in [0.5, 0.6) is 46.0 Å². The van der Waals surface area contributed by atoms with Crippen molar-refractivity contribution in [2.45, 2.75) is 0 Å². The molecule has 0 fully saturated rings. The predicted molar refractivity (Wildman–Crippen MR) is 233 cm³/mol. The number of hydrogen-bond donors (Lipinski definition) is 0. The van der Waals surface area contributed by atoms with Crippen LogP contribution in [0.4, 0.5) is 34.1 Å². The molecule has 10 heteroatoms. The molecule has 0 radical (unpaired) electrons. The third-order valence-electron chi connectivity index (χ3n) is 11.9. The van der Waals surface area contributed by atoms with E-state index in [-0.39, 0.29) is 0 Å². The monoisotopic (exact) mass is 794 g/mol. The first kappa shape index (κ1) is 30.4. The van der Waals surface area contributed by atoms with E-state index in [2.05, 4.69) is 119 Å². The quantitative estimate of drug-likeness (QED) is 0.160. The van der Waals surface area contributed by atoms with Gasteiger partial charge in [-0.15, -0.1) is 0 Å². The topological polar surface area (TPSA) is 43.4 Å². The van der Waals surface area contributed by atoms with Gasteiger partial charge < -0.3 is 28.7 Å². The molecule has 6 aliphatic rings. The van der Waals surface area contributed by atoms with E-state index in [0.717, 1.165) is 123 Å². The van der Waals surface area contributed by atoms with Crippen LogP contribution in [0.1, 0.15) is 0 Å². The Morgan fingerprint density at radius 2 is 0.679 bits per heavy atom. The highest BCUT2D eigenvalue weighted by Crippen LogP contribution is 2.69. The number of anilines is 6. The lowest BCUT2D eigenvalue weighted by Gasteiger charge is -2.48. The summed E-state index contributed by atoms with van der Waals surface area (Å²) in [4.78, 5) is 4.72. The molecule has 0 aromatic heterocycles. The second kappa shape index (κ2) is 10.1. The molecule has 0 amide bonds. The lowest BCUT2D eigenvalue weighted by atomic mass is 10.0. The van der Waals surface area contributed by atoms with Crippen LogP contribution in [0.15, 0.2) is 146 Å². The number of rotatable bonds is 2. The zero-order chi connectivity index (χ0) is 36.7. The van der Waals surface area contributed by atoms with Crippen molar-refractivity contribution in [3.63, 3.8) is 0 Å². The van der Waals surface area contributed by atoms with Crippen molar-refractivity contribution in [2.75, 3.05) is 9.80 Å². The van der Waals surface area contributed by atoms with E-state index >= 15 is 0 Å². The van der Waals surface area contributed by atoms with E-state index in [1.807, 2.05) is 36.4 Å². The van der Waals surface area contributed by atoms with Gasteiger partial charge in [0.15, 0.2) is 0 Å². The van der Waals surface area contributed by atoms with E-state index in [9.17, 15) is 0 Å². The first-order valence-corrected chi connectivity index (χ1v) is 24.0. The molecule has 56 heavy (non-hydrogen) atoms. The van der Waals surface area contributed by atoms with Crippen molar-refractivity contribution in [2.24, 2.45) is 0 Å². The van der Waals surface area contributed by atoms with Gasteiger partial charge in [0.1, 0.15) is 46.0 Å². The van der Waals surface area contributed by atoms with Crippen molar-refractivity contribution in [3.8, 4) is 46.0 Å². The van der Waals surface area contributed by atoms with Gasteiger partial charge in [-0.1, -0.05) is 84.3 Å². The molecular formula is C46H24N2O4P2S2. The highest BCUT2D eigenvalue weighted by molar-refractivity contribution is 8.26. The number of para-hydroxylation sites is 2. The minimum atomic E-state index is -2.73. The maximum absolute atomic E-state index is 7.16. The van der Waals surface area contributed by atoms with Crippen molar-refractivity contribution >= 4 is 112 Å². The minimum Gasteiger partial charge on any atom is -0.456 e. The molecule has 0 N–H and O–H groups in total. The van der Waals surface area contributed by atoms with E-state index in [1.165, 1.54) is 0 Å². The smallest absolute Gasteiger partial charge is 0.140 e. The molecule has 6 aliphatic heterocycles. The molecule has 2 atom stereocenters. The number of nitrogens with zero attached hydrogens (tertiary/aromatic N) is 2. The highest BCUT2D eigenvalue weighted by atomic mass is 32.4. The highest BCUT2D eigenvalue weighted by Gasteiger charge is 2.53. The Kier molecular flexibility index (Phi) is 5.47. The average molecular weight is 795 g/mol.